The largest absolute Gasteiger partial charge is 0.326 e. The fraction of sp³-hybridized carbons (Fsp3) is 0.214. The fourth-order valence-electron chi connectivity index (χ4n) is 4.20. The molecule has 3 aromatic carbocycles. The molecule has 2 heterocycles. The summed E-state index contributed by atoms with van der Waals surface area (Å²) in [5.41, 5.74) is 5.80. The first-order chi connectivity index (χ1) is 17.4. The second-order valence-electron chi connectivity index (χ2n) is 8.94. The average Bonchev–Trinajstić information content (AvgIpc) is 3.46. The Hall–Kier alpha value is -3.42. The number of hydrazone groups is 1. The Morgan fingerprint density at radius 1 is 1.08 bits per heavy atom. The van der Waals surface area contributed by atoms with Gasteiger partial charge >= 0.3 is 0 Å². The molecular weight excluding hydrogens is 492 g/mol. The van der Waals surface area contributed by atoms with Crippen LogP contribution in [0.2, 0.25) is 5.02 Å². The van der Waals surface area contributed by atoms with E-state index in [0.29, 0.717) is 22.3 Å². The number of amides is 2. The van der Waals surface area contributed by atoms with E-state index in [9.17, 15) is 9.59 Å². The van der Waals surface area contributed by atoms with Crippen LogP contribution in [0.15, 0.2) is 82.9 Å². The van der Waals surface area contributed by atoms with Crippen molar-refractivity contribution >= 4 is 51.7 Å². The van der Waals surface area contributed by atoms with Crippen LogP contribution in [-0.4, -0.2) is 33.0 Å². The van der Waals surface area contributed by atoms with E-state index < -0.39 is 5.25 Å². The molecule has 6 nitrogen and oxygen atoms in total. The van der Waals surface area contributed by atoms with Gasteiger partial charge in [0.2, 0.25) is 5.91 Å². The number of nitrogens with one attached hydrogen (secondary N) is 1. The van der Waals surface area contributed by atoms with E-state index in [2.05, 4.69) is 53.6 Å². The van der Waals surface area contributed by atoms with E-state index in [1.165, 1.54) is 17.3 Å². The first-order valence-electron chi connectivity index (χ1n) is 11.7. The van der Waals surface area contributed by atoms with Gasteiger partial charge in [-0.25, -0.2) is 5.01 Å². The molecule has 0 bridgehead atoms. The van der Waals surface area contributed by atoms with Crippen molar-refractivity contribution in [1.29, 1.82) is 0 Å². The van der Waals surface area contributed by atoms with Crippen molar-refractivity contribution in [3.63, 3.8) is 0 Å². The van der Waals surface area contributed by atoms with Gasteiger partial charge in [0.15, 0.2) is 5.17 Å². The van der Waals surface area contributed by atoms with Crippen molar-refractivity contribution in [2.24, 2.45) is 10.1 Å². The van der Waals surface area contributed by atoms with E-state index >= 15 is 0 Å². The molecule has 1 N–H and O–H groups in total. The number of aliphatic imine (C=N–C) groups is 1. The van der Waals surface area contributed by atoms with Crippen LogP contribution in [-0.2, 0) is 9.59 Å². The number of carbonyl (C=O) groups excluding carboxylic acids is 2. The van der Waals surface area contributed by atoms with E-state index in [4.69, 9.17) is 16.7 Å². The van der Waals surface area contributed by atoms with Crippen LogP contribution >= 0.6 is 23.4 Å². The lowest BCUT2D eigenvalue weighted by atomic mass is 9.98. The minimum Gasteiger partial charge on any atom is -0.326 e. The zero-order valence-electron chi connectivity index (χ0n) is 19.9. The lowest BCUT2D eigenvalue weighted by Gasteiger charge is -2.23. The summed E-state index contributed by atoms with van der Waals surface area (Å²) in [6, 6.07) is 23.6. The highest BCUT2D eigenvalue weighted by Crippen LogP contribution is 2.38. The molecule has 2 aliphatic heterocycles. The topological polar surface area (TPSA) is 74.1 Å². The van der Waals surface area contributed by atoms with Gasteiger partial charge in [-0.15, -0.1) is 0 Å². The molecule has 3 aromatic rings. The Bertz CT molecular complexity index is 1370. The number of anilines is 1. The number of carbonyl (C=O) groups is 2. The molecule has 0 aromatic heterocycles. The van der Waals surface area contributed by atoms with Crippen LogP contribution in [0, 0.1) is 13.8 Å². The van der Waals surface area contributed by atoms with Crippen molar-refractivity contribution < 1.29 is 9.59 Å². The van der Waals surface area contributed by atoms with Crippen LogP contribution in [0.5, 0.6) is 0 Å². The van der Waals surface area contributed by atoms with Crippen LogP contribution in [0.25, 0.3) is 0 Å². The molecule has 182 valence electrons. The molecule has 2 amide bonds. The number of hydrogen-bond acceptors (Lipinski definition) is 5. The van der Waals surface area contributed by atoms with E-state index in [1.54, 1.807) is 12.1 Å². The highest BCUT2D eigenvalue weighted by molar-refractivity contribution is 8.15. The molecule has 0 saturated carbocycles. The van der Waals surface area contributed by atoms with Crippen molar-refractivity contribution in [3.05, 3.63) is 100 Å². The highest BCUT2D eigenvalue weighted by Gasteiger charge is 2.39. The van der Waals surface area contributed by atoms with E-state index in [1.807, 2.05) is 36.2 Å². The molecule has 0 spiro atoms. The Balaban J connectivity index is 1.33. The Morgan fingerprint density at radius 3 is 2.56 bits per heavy atom. The third kappa shape index (κ3) is 5.22. The molecule has 0 unspecified atom stereocenters. The van der Waals surface area contributed by atoms with Crippen LogP contribution in [0.4, 0.5) is 5.69 Å². The maximum atomic E-state index is 12.8. The van der Waals surface area contributed by atoms with Gasteiger partial charge in [0.05, 0.1) is 11.8 Å². The standard InChI is InChI=1S/C28H25ClN4O2S/c1-17-8-11-19(12-9-17)23-15-24(20-6-4-3-5-7-20)33(32-23)28-31-27(35)25(36-28)16-26(34)30-21-13-10-18(2)22(29)14-21/h3-14,24-25H,15-16H2,1-2H3,(H,30,34)/t24-,25-/m1/s1. The summed E-state index contributed by atoms with van der Waals surface area (Å²) in [5, 5.41) is 10.1. The maximum Gasteiger partial charge on any atom is 0.262 e. The second kappa shape index (κ2) is 10.3. The number of rotatable bonds is 5. The number of aryl methyl sites for hydroxylation is 2. The molecule has 2 atom stereocenters. The van der Waals surface area contributed by atoms with E-state index in [-0.39, 0.29) is 24.3 Å². The van der Waals surface area contributed by atoms with Gasteiger partial charge in [0, 0.05) is 23.6 Å². The van der Waals surface area contributed by atoms with E-state index in [0.717, 1.165) is 22.4 Å². The lowest BCUT2D eigenvalue weighted by Crippen LogP contribution is -2.25. The van der Waals surface area contributed by atoms with Gasteiger partial charge in [-0.2, -0.15) is 10.1 Å². The third-order valence-electron chi connectivity index (χ3n) is 6.23. The highest BCUT2D eigenvalue weighted by atomic mass is 35.5. The average molecular weight is 517 g/mol. The third-order valence-corrected chi connectivity index (χ3v) is 7.78. The summed E-state index contributed by atoms with van der Waals surface area (Å²) < 4.78 is 0. The Kier molecular flexibility index (Phi) is 6.94. The fourth-order valence-corrected chi connectivity index (χ4v) is 5.44. The number of nitrogens with zero attached hydrogens (tertiary/aromatic N) is 3. The van der Waals surface area contributed by atoms with Gasteiger partial charge in [-0.1, -0.05) is 89.6 Å². The predicted octanol–water partition coefficient (Wildman–Crippen LogP) is 6.13. The van der Waals surface area contributed by atoms with Crippen LogP contribution in [0.1, 0.15) is 41.1 Å². The minimum atomic E-state index is -0.601. The van der Waals surface area contributed by atoms with Crippen molar-refractivity contribution in [1.82, 2.24) is 5.01 Å². The predicted molar refractivity (Wildman–Crippen MR) is 147 cm³/mol. The van der Waals surface area contributed by atoms with Gasteiger partial charge in [-0.05, 0) is 42.7 Å². The Morgan fingerprint density at radius 2 is 1.83 bits per heavy atom. The molecule has 2 aliphatic rings. The quantitative estimate of drug-likeness (QED) is 0.442. The summed E-state index contributed by atoms with van der Waals surface area (Å²) in [4.78, 5) is 29.8. The number of thioether (sulfide) groups is 1. The smallest absolute Gasteiger partial charge is 0.262 e. The molecule has 8 heteroatoms. The first kappa shape index (κ1) is 24.3. The summed E-state index contributed by atoms with van der Waals surface area (Å²) >= 11 is 7.46. The zero-order chi connectivity index (χ0) is 25.2. The molecule has 0 radical (unpaired) electrons. The van der Waals surface area contributed by atoms with Crippen LogP contribution < -0.4 is 5.32 Å². The number of amidine groups is 1. The molecule has 0 aliphatic carbocycles. The normalized spacial score (nSPS) is 19.3. The number of hydrogen-bond donors (Lipinski definition) is 1. The van der Waals surface area contributed by atoms with Gasteiger partial charge in [0.1, 0.15) is 5.25 Å². The minimum absolute atomic E-state index is 0.0143. The summed E-state index contributed by atoms with van der Waals surface area (Å²) in [6.07, 6.45) is 0.709. The molecular formula is C28H25ClN4O2S. The van der Waals surface area contributed by atoms with Crippen molar-refractivity contribution in [2.75, 3.05) is 5.32 Å². The number of benzene rings is 3. The van der Waals surface area contributed by atoms with Gasteiger partial charge < -0.3 is 5.32 Å². The second-order valence-corrected chi connectivity index (χ2v) is 10.5. The summed E-state index contributed by atoms with van der Waals surface area (Å²) in [6.45, 7) is 3.95. The molecule has 0 saturated heterocycles. The lowest BCUT2D eigenvalue weighted by molar-refractivity contribution is -0.121. The molecule has 5 rings (SSSR count). The van der Waals surface area contributed by atoms with Crippen molar-refractivity contribution in [3.8, 4) is 0 Å². The maximum absolute atomic E-state index is 12.8. The summed E-state index contributed by atoms with van der Waals surface area (Å²) in [5.74, 6) is -0.583. The number of halogens is 1. The molecule has 36 heavy (non-hydrogen) atoms. The monoisotopic (exact) mass is 516 g/mol. The first-order valence-corrected chi connectivity index (χ1v) is 13.0. The van der Waals surface area contributed by atoms with Crippen LogP contribution in [0.3, 0.4) is 0 Å². The Labute approximate surface area is 219 Å². The van der Waals surface area contributed by atoms with Crippen molar-refractivity contribution in [2.45, 2.75) is 38.0 Å². The zero-order valence-corrected chi connectivity index (χ0v) is 21.5. The SMILES string of the molecule is Cc1ccc(C2=NN(C3=NC(=O)[C@@H](CC(=O)Nc4ccc(C)c(Cl)c4)S3)[C@@H](c3ccccc3)C2)cc1. The molecule has 0 fully saturated rings. The summed E-state index contributed by atoms with van der Waals surface area (Å²) in [7, 11) is 0. The van der Waals surface area contributed by atoms with Gasteiger partial charge in [-0.3, -0.25) is 9.59 Å². The van der Waals surface area contributed by atoms with Gasteiger partial charge in [0.25, 0.3) is 5.91 Å².